The number of aromatic nitrogens is 5. The average molecular weight is 382 g/mol. The summed E-state index contributed by atoms with van der Waals surface area (Å²) in [7, 11) is 1.52. The molecule has 1 aromatic carbocycles. The Morgan fingerprint density at radius 1 is 1.14 bits per heavy atom. The molecule has 0 unspecified atom stereocenters. The molecule has 2 heterocycles. The molecule has 0 aliphatic rings. The van der Waals surface area contributed by atoms with Crippen molar-refractivity contribution in [2.75, 3.05) is 13.7 Å². The number of hydrogen-bond acceptors (Lipinski definition) is 5. The Kier molecular flexibility index (Phi) is 6.08. The van der Waals surface area contributed by atoms with Crippen LogP contribution in [-0.4, -0.2) is 44.3 Å². The van der Waals surface area contributed by atoms with E-state index in [2.05, 4.69) is 20.7 Å². The van der Waals surface area contributed by atoms with Gasteiger partial charge in [0.15, 0.2) is 0 Å². The van der Waals surface area contributed by atoms with Crippen LogP contribution in [0.4, 0.5) is 0 Å². The Morgan fingerprint density at radius 2 is 1.89 bits per heavy atom. The first-order chi connectivity index (χ1) is 13.5. The minimum atomic E-state index is -0.291. The fraction of sp³-hybridized carbons (Fsp3) is 0.400. The Morgan fingerprint density at radius 3 is 2.54 bits per heavy atom. The van der Waals surface area contributed by atoms with Crippen molar-refractivity contribution in [2.45, 2.75) is 40.3 Å². The van der Waals surface area contributed by atoms with Crippen molar-refractivity contribution in [1.82, 2.24) is 30.1 Å². The molecule has 148 valence electrons. The maximum atomic E-state index is 12.5. The summed E-state index contributed by atoms with van der Waals surface area (Å²) < 4.78 is 8.93. The van der Waals surface area contributed by atoms with Crippen LogP contribution in [0.1, 0.15) is 39.4 Å². The van der Waals surface area contributed by atoms with Crippen LogP contribution in [0.3, 0.4) is 0 Å². The minimum Gasteiger partial charge on any atom is -0.479 e. The van der Waals surface area contributed by atoms with Crippen molar-refractivity contribution < 1.29 is 9.53 Å². The highest BCUT2D eigenvalue weighted by atomic mass is 16.5. The van der Waals surface area contributed by atoms with E-state index in [1.54, 1.807) is 4.68 Å². The summed E-state index contributed by atoms with van der Waals surface area (Å²) in [5.41, 5.74) is 4.56. The highest BCUT2D eigenvalue weighted by Crippen LogP contribution is 2.17. The third-order valence-electron chi connectivity index (χ3n) is 4.49. The largest absolute Gasteiger partial charge is 0.479 e. The molecule has 0 saturated heterocycles. The van der Waals surface area contributed by atoms with Crippen molar-refractivity contribution in [3.63, 3.8) is 0 Å². The molecule has 3 aromatic rings. The molecule has 1 N–H and O–H groups in total. The first-order valence-electron chi connectivity index (χ1n) is 9.30. The maximum Gasteiger partial charge on any atom is 0.277 e. The van der Waals surface area contributed by atoms with Gasteiger partial charge in [0.05, 0.1) is 19.3 Å². The van der Waals surface area contributed by atoms with Gasteiger partial charge < -0.3 is 10.1 Å². The third-order valence-corrected chi connectivity index (χ3v) is 4.49. The molecule has 3 rings (SSSR count). The van der Waals surface area contributed by atoms with Crippen LogP contribution in [-0.2, 0) is 13.1 Å². The van der Waals surface area contributed by atoms with Crippen molar-refractivity contribution in [1.29, 1.82) is 0 Å². The molecule has 0 bridgehead atoms. The van der Waals surface area contributed by atoms with E-state index in [9.17, 15) is 4.79 Å². The number of nitrogens with one attached hydrogen (secondary N) is 1. The zero-order valence-corrected chi connectivity index (χ0v) is 16.8. The van der Waals surface area contributed by atoms with Gasteiger partial charge in [-0.2, -0.15) is 5.10 Å². The lowest BCUT2D eigenvalue weighted by molar-refractivity contribution is 0.0944. The van der Waals surface area contributed by atoms with Gasteiger partial charge in [-0.05, 0) is 38.8 Å². The first-order valence-corrected chi connectivity index (χ1v) is 9.30. The molecule has 0 saturated carbocycles. The number of carbonyl (C=O) groups is 1. The number of ether oxygens (including phenoxy) is 1. The van der Waals surface area contributed by atoms with Gasteiger partial charge in [-0.3, -0.25) is 9.48 Å². The fourth-order valence-electron chi connectivity index (χ4n) is 3.03. The number of aryl methyl sites for hydroxylation is 4. The molecule has 0 atom stereocenters. The molecule has 2 aromatic heterocycles. The summed E-state index contributed by atoms with van der Waals surface area (Å²) in [6.07, 6.45) is 0.771. The lowest BCUT2D eigenvalue weighted by atomic mass is 10.1. The number of nitrogens with zero attached hydrogens (tertiary/aromatic N) is 5. The molecule has 8 heteroatoms. The second-order valence-corrected chi connectivity index (χ2v) is 6.85. The van der Waals surface area contributed by atoms with Gasteiger partial charge in [0, 0.05) is 18.8 Å². The van der Waals surface area contributed by atoms with Gasteiger partial charge >= 0.3 is 0 Å². The molecular weight excluding hydrogens is 356 g/mol. The monoisotopic (exact) mass is 382 g/mol. The molecule has 0 radical (unpaired) electrons. The second-order valence-electron chi connectivity index (χ2n) is 6.85. The second kappa shape index (κ2) is 8.69. The molecule has 0 spiro atoms. The van der Waals surface area contributed by atoms with Gasteiger partial charge in [-0.1, -0.05) is 35.0 Å². The van der Waals surface area contributed by atoms with Gasteiger partial charge in [-0.15, -0.1) is 5.10 Å². The molecule has 8 nitrogen and oxygen atoms in total. The van der Waals surface area contributed by atoms with Crippen LogP contribution in [0, 0.1) is 20.8 Å². The number of benzene rings is 1. The molecule has 1 amide bonds. The average Bonchev–Trinajstić information content (AvgIpc) is 3.22. The molecule has 28 heavy (non-hydrogen) atoms. The SMILES string of the molecule is COc1c(C(=O)NCCCn2nc(C)cc2C)nnn1Cc1ccc(C)cc1. The summed E-state index contributed by atoms with van der Waals surface area (Å²) in [4.78, 5) is 12.5. The molecular formula is C20H26N6O2. The van der Waals surface area contributed by atoms with E-state index in [1.165, 1.54) is 12.7 Å². The summed E-state index contributed by atoms with van der Waals surface area (Å²) >= 11 is 0. The normalized spacial score (nSPS) is 10.9. The van der Waals surface area contributed by atoms with Crippen LogP contribution < -0.4 is 10.1 Å². The standard InChI is InChI=1S/C20H26N6O2/c1-14-6-8-17(9-7-14)13-26-20(28-4)18(22-24-26)19(27)21-10-5-11-25-16(3)12-15(2)23-25/h6-9,12H,5,10-11,13H2,1-4H3,(H,21,27). The number of hydrogen-bond donors (Lipinski definition) is 1. The van der Waals surface area contributed by atoms with E-state index in [1.807, 2.05) is 55.8 Å². The predicted molar refractivity (Wildman–Crippen MR) is 106 cm³/mol. The first kappa shape index (κ1) is 19.6. The third kappa shape index (κ3) is 4.57. The Labute approximate surface area is 164 Å². The number of methoxy groups -OCH3 is 1. The fourth-order valence-corrected chi connectivity index (χ4v) is 3.03. The molecule has 0 fully saturated rings. The highest BCUT2D eigenvalue weighted by molar-refractivity contribution is 5.94. The van der Waals surface area contributed by atoms with E-state index in [0.717, 1.165) is 29.9 Å². The molecule has 0 aliphatic heterocycles. The highest BCUT2D eigenvalue weighted by Gasteiger charge is 2.20. The van der Waals surface area contributed by atoms with E-state index in [0.29, 0.717) is 19.0 Å². The Balaban J connectivity index is 1.58. The zero-order chi connectivity index (χ0) is 20.1. The lowest BCUT2D eigenvalue weighted by Gasteiger charge is -2.08. The smallest absolute Gasteiger partial charge is 0.277 e. The summed E-state index contributed by atoms with van der Waals surface area (Å²) in [6, 6.07) is 10.2. The Hall–Kier alpha value is -3.16. The van der Waals surface area contributed by atoms with E-state index in [4.69, 9.17) is 4.74 Å². The summed E-state index contributed by atoms with van der Waals surface area (Å²) in [5, 5.41) is 15.4. The van der Waals surface area contributed by atoms with Gasteiger partial charge in [-0.25, -0.2) is 4.68 Å². The number of amides is 1. The Bertz CT molecular complexity index is 942. The van der Waals surface area contributed by atoms with Gasteiger partial charge in [0.2, 0.25) is 11.6 Å². The van der Waals surface area contributed by atoms with Crippen molar-refractivity contribution in [3.05, 3.63) is 58.5 Å². The summed E-state index contributed by atoms with van der Waals surface area (Å²) in [5.74, 6) is 0.0667. The van der Waals surface area contributed by atoms with E-state index >= 15 is 0 Å². The predicted octanol–water partition coefficient (Wildman–Crippen LogP) is 2.28. The minimum absolute atomic E-state index is 0.195. The van der Waals surface area contributed by atoms with E-state index < -0.39 is 0 Å². The number of carbonyl (C=O) groups excluding carboxylic acids is 1. The zero-order valence-electron chi connectivity index (χ0n) is 16.8. The maximum absolute atomic E-state index is 12.5. The van der Waals surface area contributed by atoms with Crippen molar-refractivity contribution in [2.24, 2.45) is 0 Å². The van der Waals surface area contributed by atoms with Gasteiger partial charge in [0.25, 0.3) is 5.91 Å². The van der Waals surface area contributed by atoms with Gasteiger partial charge in [0.1, 0.15) is 0 Å². The molecule has 0 aliphatic carbocycles. The van der Waals surface area contributed by atoms with Crippen molar-refractivity contribution >= 4 is 5.91 Å². The van der Waals surface area contributed by atoms with Crippen LogP contribution in [0.5, 0.6) is 5.88 Å². The topological polar surface area (TPSA) is 86.9 Å². The lowest BCUT2D eigenvalue weighted by Crippen LogP contribution is -2.26. The summed E-state index contributed by atoms with van der Waals surface area (Å²) in [6.45, 7) is 7.79. The van der Waals surface area contributed by atoms with Crippen LogP contribution in [0.15, 0.2) is 30.3 Å². The quantitative estimate of drug-likeness (QED) is 0.604. The van der Waals surface area contributed by atoms with Crippen LogP contribution in [0.25, 0.3) is 0 Å². The van der Waals surface area contributed by atoms with Crippen LogP contribution >= 0.6 is 0 Å². The van der Waals surface area contributed by atoms with Crippen molar-refractivity contribution in [3.8, 4) is 5.88 Å². The van der Waals surface area contributed by atoms with E-state index in [-0.39, 0.29) is 11.6 Å². The van der Waals surface area contributed by atoms with Crippen LogP contribution in [0.2, 0.25) is 0 Å². The number of rotatable bonds is 8.